The summed E-state index contributed by atoms with van der Waals surface area (Å²) in [6, 6.07) is 0.375. The van der Waals surface area contributed by atoms with Crippen molar-refractivity contribution in [3.63, 3.8) is 0 Å². The number of rotatable bonds is 3. The first-order valence-electron chi connectivity index (χ1n) is 4.79. The maximum absolute atomic E-state index is 9.03. The van der Waals surface area contributed by atoms with E-state index in [4.69, 9.17) is 5.11 Å². The van der Waals surface area contributed by atoms with Crippen molar-refractivity contribution in [3.05, 3.63) is 12.3 Å². The van der Waals surface area contributed by atoms with Gasteiger partial charge in [-0.05, 0) is 25.0 Å². The van der Waals surface area contributed by atoms with Crippen molar-refractivity contribution < 1.29 is 5.11 Å². The molecule has 2 heteroatoms. The average molecular weight is 169 g/mol. The standard InChI is InChI=1S/C10H19NO/c1-9(2)5-7-11-6-3-4-10(11)8-12/h5,7,9-10,12H,3-4,6,8H2,1-2H3/b7-5+/t10-/m0/s1. The van der Waals surface area contributed by atoms with Crippen molar-refractivity contribution in [2.75, 3.05) is 13.2 Å². The molecule has 1 aliphatic rings. The summed E-state index contributed by atoms with van der Waals surface area (Å²) in [5.74, 6) is 0.602. The third-order valence-corrected chi connectivity index (χ3v) is 2.30. The summed E-state index contributed by atoms with van der Waals surface area (Å²) in [5, 5.41) is 9.03. The van der Waals surface area contributed by atoms with Crippen molar-refractivity contribution in [1.82, 2.24) is 4.90 Å². The number of likely N-dealkylation sites (tertiary alicyclic amines) is 1. The predicted octanol–water partition coefficient (Wildman–Crippen LogP) is 1.61. The van der Waals surface area contributed by atoms with Gasteiger partial charge in [0.25, 0.3) is 0 Å². The summed E-state index contributed by atoms with van der Waals surface area (Å²) in [4.78, 5) is 2.25. The SMILES string of the molecule is CC(C)/C=C/N1CCC[C@H]1CO. The van der Waals surface area contributed by atoms with Crippen molar-refractivity contribution in [2.45, 2.75) is 32.7 Å². The molecule has 0 unspecified atom stereocenters. The van der Waals surface area contributed by atoms with Gasteiger partial charge in [0.05, 0.1) is 12.6 Å². The lowest BCUT2D eigenvalue weighted by molar-refractivity contribution is 0.195. The number of aliphatic hydroxyl groups is 1. The van der Waals surface area contributed by atoms with Crippen LogP contribution in [0.1, 0.15) is 26.7 Å². The van der Waals surface area contributed by atoms with E-state index in [-0.39, 0.29) is 0 Å². The minimum absolute atomic E-state index is 0.294. The zero-order chi connectivity index (χ0) is 8.97. The molecule has 1 heterocycles. The van der Waals surface area contributed by atoms with E-state index in [1.807, 2.05) is 0 Å². The van der Waals surface area contributed by atoms with Crippen molar-refractivity contribution in [3.8, 4) is 0 Å². The molecule has 2 nitrogen and oxygen atoms in total. The Balaban J connectivity index is 2.40. The van der Waals surface area contributed by atoms with Crippen LogP contribution in [0, 0.1) is 5.92 Å². The van der Waals surface area contributed by atoms with Gasteiger partial charge in [0.2, 0.25) is 0 Å². The Hall–Kier alpha value is -0.500. The normalized spacial score (nSPS) is 24.7. The van der Waals surface area contributed by atoms with Gasteiger partial charge in [-0.2, -0.15) is 0 Å². The van der Waals surface area contributed by atoms with Crippen LogP contribution in [0.15, 0.2) is 12.3 Å². The highest BCUT2D eigenvalue weighted by molar-refractivity contribution is 4.91. The molecule has 0 bridgehead atoms. The van der Waals surface area contributed by atoms with E-state index >= 15 is 0 Å². The Labute approximate surface area is 74.9 Å². The molecule has 0 spiro atoms. The molecule has 70 valence electrons. The number of aliphatic hydroxyl groups excluding tert-OH is 1. The smallest absolute Gasteiger partial charge is 0.0634 e. The molecule has 1 aliphatic heterocycles. The topological polar surface area (TPSA) is 23.5 Å². The predicted molar refractivity (Wildman–Crippen MR) is 50.8 cm³/mol. The summed E-state index contributed by atoms with van der Waals surface area (Å²) in [6.45, 7) is 5.73. The Morgan fingerprint density at radius 1 is 1.58 bits per heavy atom. The second-order valence-electron chi connectivity index (χ2n) is 3.80. The lowest BCUT2D eigenvalue weighted by Crippen LogP contribution is -2.27. The zero-order valence-electron chi connectivity index (χ0n) is 8.03. The van der Waals surface area contributed by atoms with Crippen LogP contribution in [0.2, 0.25) is 0 Å². The third kappa shape index (κ3) is 2.52. The largest absolute Gasteiger partial charge is 0.394 e. The quantitative estimate of drug-likeness (QED) is 0.694. The molecule has 1 saturated heterocycles. The monoisotopic (exact) mass is 169 g/mol. The second kappa shape index (κ2) is 4.51. The first-order valence-corrected chi connectivity index (χ1v) is 4.79. The van der Waals surface area contributed by atoms with Crippen LogP contribution in [-0.2, 0) is 0 Å². The molecule has 12 heavy (non-hydrogen) atoms. The second-order valence-corrected chi connectivity index (χ2v) is 3.80. The molecule has 0 aliphatic carbocycles. The van der Waals surface area contributed by atoms with Crippen LogP contribution in [0.5, 0.6) is 0 Å². The molecule has 0 aromatic rings. The Morgan fingerprint density at radius 3 is 2.92 bits per heavy atom. The van der Waals surface area contributed by atoms with Gasteiger partial charge in [-0.3, -0.25) is 0 Å². The number of hydrogen-bond donors (Lipinski definition) is 1. The van der Waals surface area contributed by atoms with Crippen LogP contribution >= 0.6 is 0 Å². The summed E-state index contributed by atoms with van der Waals surface area (Å²) in [6.07, 6.45) is 6.68. The van der Waals surface area contributed by atoms with Crippen LogP contribution < -0.4 is 0 Å². The summed E-state index contributed by atoms with van der Waals surface area (Å²) in [7, 11) is 0. The number of nitrogens with zero attached hydrogens (tertiary/aromatic N) is 1. The minimum atomic E-state index is 0.294. The van der Waals surface area contributed by atoms with Gasteiger partial charge in [-0.1, -0.05) is 19.9 Å². The fourth-order valence-electron chi connectivity index (χ4n) is 1.53. The van der Waals surface area contributed by atoms with Crippen LogP contribution in [0.3, 0.4) is 0 Å². The van der Waals surface area contributed by atoms with E-state index in [2.05, 4.69) is 31.0 Å². The first kappa shape index (κ1) is 9.59. The third-order valence-electron chi connectivity index (χ3n) is 2.30. The summed E-state index contributed by atoms with van der Waals surface area (Å²) >= 11 is 0. The fraction of sp³-hybridized carbons (Fsp3) is 0.800. The maximum Gasteiger partial charge on any atom is 0.0634 e. The number of hydrogen-bond acceptors (Lipinski definition) is 2. The van der Waals surface area contributed by atoms with Gasteiger partial charge >= 0.3 is 0 Å². The van der Waals surface area contributed by atoms with Gasteiger partial charge in [0.1, 0.15) is 0 Å². The van der Waals surface area contributed by atoms with E-state index in [1.54, 1.807) is 0 Å². The van der Waals surface area contributed by atoms with Gasteiger partial charge < -0.3 is 10.0 Å². The molecule has 0 radical (unpaired) electrons. The van der Waals surface area contributed by atoms with Gasteiger partial charge in [-0.25, -0.2) is 0 Å². The van der Waals surface area contributed by atoms with E-state index < -0.39 is 0 Å². The van der Waals surface area contributed by atoms with E-state index in [0.717, 1.165) is 13.0 Å². The van der Waals surface area contributed by atoms with Crippen LogP contribution in [-0.4, -0.2) is 29.2 Å². The molecule has 0 aromatic carbocycles. The van der Waals surface area contributed by atoms with Gasteiger partial charge in [-0.15, -0.1) is 0 Å². The first-order chi connectivity index (χ1) is 5.74. The lowest BCUT2D eigenvalue weighted by atomic mass is 10.2. The summed E-state index contributed by atoms with van der Waals surface area (Å²) in [5.41, 5.74) is 0. The van der Waals surface area contributed by atoms with Crippen molar-refractivity contribution in [2.24, 2.45) is 5.92 Å². The molecular formula is C10H19NO. The van der Waals surface area contributed by atoms with Crippen molar-refractivity contribution >= 4 is 0 Å². The molecule has 0 saturated carbocycles. The van der Waals surface area contributed by atoms with Crippen molar-refractivity contribution in [1.29, 1.82) is 0 Å². The Morgan fingerprint density at radius 2 is 2.33 bits per heavy atom. The van der Waals surface area contributed by atoms with E-state index in [0.29, 0.717) is 18.6 Å². The fourth-order valence-corrected chi connectivity index (χ4v) is 1.53. The molecule has 1 fully saturated rings. The highest BCUT2D eigenvalue weighted by Crippen LogP contribution is 2.17. The molecular weight excluding hydrogens is 150 g/mol. The minimum Gasteiger partial charge on any atom is -0.394 e. The van der Waals surface area contributed by atoms with E-state index in [9.17, 15) is 0 Å². The van der Waals surface area contributed by atoms with Crippen LogP contribution in [0.25, 0.3) is 0 Å². The molecule has 0 aromatic heterocycles. The summed E-state index contributed by atoms with van der Waals surface area (Å²) < 4.78 is 0. The molecule has 0 amide bonds. The van der Waals surface area contributed by atoms with E-state index in [1.165, 1.54) is 6.42 Å². The Bertz CT molecular complexity index is 154. The Kier molecular flexibility index (Phi) is 3.60. The molecule has 1 N–H and O–H groups in total. The maximum atomic E-state index is 9.03. The van der Waals surface area contributed by atoms with Gasteiger partial charge in [0, 0.05) is 6.54 Å². The number of allylic oxidation sites excluding steroid dienone is 1. The van der Waals surface area contributed by atoms with Gasteiger partial charge in [0.15, 0.2) is 0 Å². The molecule has 1 atom stereocenters. The lowest BCUT2D eigenvalue weighted by Gasteiger charge is -2.20. The van der Waals surface area contributed by atoms with Crippen LogP contribution in [0.4, 0.5) is 0 Å². The average Bonchev–Trinajstić information content (AvgIpc) is 2.47. The zero-order valence-corrected chi connectivity index (χ0v) is 8.03. The molecule has 1 rings (SSSR count). The highest BCUT2D eigenvalue weighted by atomic mass is 16.3. The highest BCUT2D eigenvalue weighted by Gasteiger charge is 2.19.